The van der Waals surface area contributed by atoms with Crippen LogP contribution >= 0.6 is 0 Å². The van der Waals surface area contributed by atoms with Crippen LogP contribution in [-0.4, -0.2) is 49.6 Å². The van der Waals surface area contributed by atoms with Crippen LogP contribution in [-0.2, 0) is 16.1 Å². The van der Waals surface area contributed by atoms with E-state index >= 15 is 0 Å². The Morgan fingerprint density at radius 3 is 2.69 bits per heavy atom. The molecule has 1 N–H and O–H groups in total. The average molecular weight is 401 g/mol. The molecule has 8 nitrogen and oxygen atoms in total. The molecule has 0 radical (unpaired) electrons. The van der Waals surface area contributed by atoms with Crippen molar-refractivity contribution in [2.75, 3.05) is 0 Å². The SMILES string of the molecule is O=C1CCC(N2Cc3cc(-n4cc(C5CC(F)(F)C5)nn4)ccc3C2=O)C(=O)N1. The summed E-state index contributed by atoms with van der Waals surface area (Å²) in [5, 5.41) is 10.3. The fraction of sp³-hybridized carbons (Fsp3) is 0.421. The lowest BCUT2D eigenvalue weighted by Gasteiger charge is -2.33. The summed E-state index contributed by atoms with van der Waals surface area (Å²) in [6.45, 7) is 0.255. The first-order chi connectivity index (χ1) is 13.8. The standard InChI is InChI=1S/C19H17F2N5O3/c20-19(21)6-11(7-19)14-9-26(24-23-14)12-1-2-13-10(5-12)8-25(18(13)29)15-3-4-16(27)22-17(15)28/h1-2,5,9,11,15H,3-4,6-8H2,(H,22,27,28). The molecule has 0 bridgehead atoms. The van der Waals surface area contributed by atoms with E-state index in [2.05, 4.69) is 15.6 Å². The minimum Gasteiger partial charge on any atom is -0.322 e. The number of nitrogens with one attached hydrogen (secondary N) is 1. The maximum Gasteiger partial charge on any atom is 0.255 e. The maximum atomic E-state index is 13.1. The van der Waals surface area contributed by atoms with Crippen molar-refractivity contribution in [1.29, 1.82) is 0 Å². The number of carbonyl (C=O) groups excluding carboxylic acids is 3. The number of fused-ring (bicyclic) bond motifs is 1. The second-order valence-electron chi connectivity index (χ2n) is 7.79. The van der Waals surface area contributed by atoms with E-state index in [-0.39, 0.29) is 43.5 Å². The molecular weight excluding hydrogens is 384 g/mol. The molecule has 3 heterocycles. The van der Waals surface area contributed by atoms with Gasteiger partial charge < -0.3 is 4.90 Å². The van der Waals surface area contributed by atoms with Crippen LogP contribution in [0, 0.1) is 0 Å². The lowest BCUT2D eigenvalue weighted by molar-refractivity contribution is -0.136. The van der Waals surface area contributed by atoms with Gasteiger partial charge in [0.05, 0.1) is 17.6 Å². The van der Waals surface area contributed by atoms with Gasteiger partial charge in [-0.05, 0) is 30.2 Å². The first-order valence-corrected chi connectivity index (χ1v) is 9.39. The molecule has 1 unspecified atom stereocenters. The van der Waals surface area contributed by atoms with Gasteiger partial charge >= 0.3 is 0 Å². The van der Waals surface area contributed by atoms with Crippen LogP contribution in [0.5, 0.6) is 0 Å². The molecule has 1 aromatic heterocycles. The van der Waals surface area contributed by atoms with E-state index in [1.807, 2.05) is 0 Å². The van der Waals surface area contributed by atoms with Gasteiger partial charge in [-0.2, -0.15) is 0 Å². The van der Waals surface area contributed by atoms with E-state index in [1.165, 1.54) is 9.58 Å². The molecule has 1 aliphatic carbocycles. The van der Waals surface area contributed by atoms with Crippen LogP contribution in [0.25, 0.3) is 5.69 Å². The summed E-state index contributed by atoms with van der Waals surface area (Å²) in [7, 11) is 0. The lowest BCUT2D eigenvalue weighted by atomic mass is 9.79. The van der Waals surface area contributed by atoms with E-state index < -0.39 is 17.9 Å². The highest BCUT2D eigenvalue weighted by Crippen LogP contribution is 2.47. The van der Waals surface area contributed by atoms with Crippen LogP contribution < -0.4 is 5.32 Å². The molecule has 0 spiro atoms. The molecule has 2 fully saturated rings. The van der Waals surface area contributed by atoms with Gasteiger partial charge in [-0.25, -0.2) is 13.5 Å². The number of hydrogen-bond donors (Lipinski definition) is 1. The number of piperidine rings is 1. The summed E-state index contributed by atoms with van der Waals surface area (Å²) in [5.74, 6) is -3.96. The first kappa shape index (κ1) is 17.9. The zero-order valence-electron chi connectivity index (χ0n) is 15.3. The van der Waals surface area contributed by atoms with Gasteiger partial charge in [0.2, 0.25) is 17.7 Å². The topological polar surface area (TPSA) is 97.2 Å². The van der Waals surface area contributed by atoms with Crippen molar-refractivity contribution in [3.63, 3.8) is 0 Å². The van der Waals surface area contributed by atoms with Crippen molar-refractivity contribution in [2.45, 2.75) is 50.1 Å². The van der Waals surface area contributed by atoms with E-state index in [1.54, 1.807) is 24.4 Å². The second-order valence-corrected chi connectivity index (χ2v) is 7.79. The van der Waals surface area contributed by atoms with Crippen LogP contribution in [0.2, 0.25) is 0 Å². The Labute approximate surface area is 163 Å². The smallest absolute Gasteiger partial charge is 0.255 e. The number of carbonyl (C=O) groups is 3. The summed E-state index contributed by atoms with van der Waals surface area (Å²) in [4.78, 5) is 37.7. The van der Waals surface area contributed by atoms with E-state index in [0.29, 0.717) is 23.4 Å². The highest BCUT2D eigenvalue weighted by atomic mass is 19.3. The molecule has 29 heavy (non-hydrogen) atoms. The quantitative estimate of drug-likeness (QED) is 0.787. The van der Waals surface area contributed by atoms with Crippen LogP contribution in [0.15, 0.2) is 24.4 Å². The molecule has 2 aliphatic heterocycles. The Balaban J connectivity index is 1.36. The third kappa shape index (κ3) is 2.99. The highest BCUT2D eigenvalue weighted by molar-refractivity contribution is 6.05. The Bertz CT molecular complexity index is 1040. The predicted octanol–water partition coefficient (Wildman–Crippen LogP) is 1.54. The minimum absolute atomic E-state index is 0.198. The van der Waals surface area contributed by atoms with Gasteiger partial charge in [-0.15, -0.1) is 5.10 Å². The molecule has 2 aromatic rings. The Morgan fingerprint density at radius 1 is 1.17 bits per heavy atom. The molecular formula is C19H17F2N5O3. The van der Waals surface area contributed by atoms with Crippen molar-refractivity contribution in [2.24, 2.45) is 0 Å². The normalized spacial score (nSPS) is 23.7. The molecule has 150 valence electrons. The lowest BCUT2D eigenvalue weighted by Crippen LogP contribution is -2.52. The Kier molecular flexibility index (Phi) is 3.80. The third-order valence-electron chi connectivity index (χ3n) is 5.79. The molecule has 1 saturated carbocycles. The molecule has 5 rings (SSSR count). The molecule has 3 aliphatic rings. The van der Waals surface area contributed by atoms with Crippen LogP contribution in [0.3, 0.4) is 0 Å². The van der Waals surface area contributed by atoms with E-state index in [9.17, 15) is 23.2 Å². The Hall–Kier alpha value is -3.17. The van der Waals surface area contributed by atoms with Gasteiger partial charge in [0.25, 0.3) is 5.91 Å². The van der Waals surface area contributed by atoms with Crippen molar-refractivity contribution >= 4 is 17.7 Å². The number of amides is 3. The number of aromatic nitrogens is 3. The Morgan fingerprint density at radius 2 is 1.97 bits per heavy atom. The summed E-state index contributed by atoms with van der Waals surface area (Å²) in [6.07, 6.45) is 1.70. The average Bonchev–Trinajstić information content (AvgIpc) is 3.25. The van der Waals surface area contributed by atoms with E-state index in [4.69, 9.17) is 0 Å². The predicted molar refractivity (Wildman–Crippen MR) is 94.3 cm³/mol. The number of rotatable bonds is 3. The number of nitrogens with zero attached hydrogens (tertiary/aromatic N) is 4. The molecule has 10 heteroatoms. The fourth-order valence-corrected chi connectivity index (χ4v) is 4.16. The van der Waals surface area contributed by atoms with Gasteiger partial charge in [-0.3, -0.25) is 19.7 Å². The maximum absolute atomic E-state index is 13.1. The zero-order valence-corrected chi connectivity index (χ0v) is 15.3. The number of benzene rings is 1. The summed E-state index contributed by atoms with van der Waals surface area (Å²) in [6, 6.07) is 4.48. The van der Waals surface area contributed by atoms with Gasteiger partial charge in [-0.1, -0.05) is 5.21 Å². The molecule has 1 saturated heterocycles. The number of imide groups is 1. The summed E-state index contributed by atoms with van der Waals surface area (Å²) in [5.41, 5.74) is 2.42. The van der Waals surface area contributed by atoms with Crippen LogP contribution in [0.4, 0.5) is 8.78 Å². The van der Waals surface area contributed by atoms with Crippen molar-refractivity contribution in [3.8, 4) is 5.69 Å². The van der Waals surface area contributed by atoms with Crippen molar-refractivity contribution < 1.29 is 23.2 Å². The number of hydrogen-bond acceptors (Lipinski definition) is 5. The van der Waals surface area contributed by atoms with E-state index in [0.717, 1.165) is 5.56 Å². The number of halogens is 2. The van der Waals surface area contributed by atoms with Crippen molar-refractivity contribution in [1.82, 2.24) is 25.2 Å². The largest absolute Gasteiger partial charge is 0.322 e. The molecule has 1 aromatic carbocycles. The molecule has 3 amide bonds. The monoisotopic (exact) mass is 401 g/mol. The second kappa shape index (κ2) is 6.16. The third-order valence-corrected chi connectivity index (χ3v) is 5.79. The molecule has 1 atom stereocenters. The zero-order chi connectivity index (χ0) is 20.3. The van der Waals surface area contributed by atoms with Gasteiger partial charge in [0.15, 0.2) is 0 Å². The van der Waals surface area contributed by atoms with Gasteiger partial charge in [0.1, 0.15) is 6.04 Å². The fourth-order valence-electron chi connectivity index (χ4n) is 4.16. The van der Waals surface area contributed by atoms with Gasteiger partial charge in [0, 0.05) is 37.3 Å². The van der Waals surface area contributed by atoms with Crippen LogP contribution in [0.1, 0.15) is 53.2 Å². The summed E-state index contributed by atoms with van der Waals surface area (Å²) < 4.78 is 27.7. The highest BCUT2D eigenvalue weighted by Gasteiger charge is 2.47. The number of alkyl halides is 2. The minimum atomic E-state index is -2.62. The first-order valence-electron chi connectivity index (χ1n) is 9.39. The van der Waals surface area contributed by atoms with Crippen molar-refractivity contribution in [3.05, 3.63) is 41.2 Å². The summed E-state index contributed by atoms with van der Waals surface area (Å²) >= 11 is 0.